The van der Waals surface area contributed by atoms with Crippen LogP contribution >= 0.6 is 7.34 Å². The predicted molar refractivity (Wildman–Crippen MR) is 93.7 cm³/mol. The van der Waals surface area contributed by atoms with Crippen LogP contribution in [0.5, 0.6) is 11.5 Å². The minimum absolute atomic E-state index is 0.0666. The van der Waals surface area contributed by atoms with Crippen LogP contribution in [0.25, 0.3) is 10.8 Å². The smallest absolute Gasteiger partial charge is 0.152 e. The minimum Gasteiger partial charge on any atom is -0.507 e. The largest absolute Gasteiger partial charge is 0.507 e. The van der Waals surface area contributed by atoms with E-state index in [-0.39, 0.29) is 22.7 Å². The van der Waals surface area contributed by atoms with Crippen molar-refractivity contribution in [1.29, 1.82) is 0 Å². The van der Waals surface area contributed by atoms with E-state index in [1.165, 1.54) is 0 Å². The van der Waals surface area contributed by atoms with E-state index < -0.39 is 7.34 Å². The van der Waals surface area contributed by atoms with Crippen molar-refractivity contribution in [3.63, 3.8) is 0 Å². The summed E-state index contributed by atoms with van der Waals surface area (Å²) >= 11 is 0. The van der Waals surface area contributed by atoms with Crippen molar-refractivity contribution in [2.45, 2.75) is 44.4 Å². The maximum atomic E-state index is 11.0. The van der Waals surface area contributed by atoms with Crippen molar-refractivity contribution in [2.24, 2.45) is 0 Å². The summed E-state index contributed by atoms with van der Waals surface area (Å²) < 4.78 is 0. The van der Waals surface area contributed by atoms with Crippen LogP contribution in [-0.4, -0.2) is 25.3 Å². The number of hydrogen-bond donors (Lipinski definition) is 4. The van der Waals surface area contributed by atoms with Gasteiger partial charge >= 0.3 is 0 Å². The summed E-state index contributed by atoms with van der Waals surface area (Å²) in [7, 11) is -3.56. The second kappa shape index (κ2) is 5.27. The first kappa shape index (κ1) is 15.1. The molecule has 2 aromatic rings. The van der Waals surface area contributed by atoms with Gasteiger partial charge in [-0.25, -0.2) is 0 Å². The summed E-state index contributed by atoms with van der Waals surface area (Å²) in [5, 5.41) is 23.7. The number of aromatic hydroxyl groups is 2. The highest BCUT2D eigenvalue weighted by atomic mass is 31.2. The molecular formula is C18H21O4P. The molecule has 122 valence electrons. The van der Waals surface area contributed by atoms with Crippen molar-refractivity contribution in [3.8, 4) is 11.5 Å². The zero-order valence-electron chi connectivity index (χ0n) is 12.9. The lowest BCUT2D eigenvalue weighted by Crippen LogP contribution is -2.16. The fourth-order valence-corrected chi connectivity index (χ4v) is 6.47. The lowest BCUT2D eigenvalue weighted by molar-refractivity contribution is 0.446. The lowest BCUT2D eigenvalue weighted by atomic mass is 9.84. The first-order valence-electron chi connectivity index (χ1n) is 8.18. The van der Waals surface area contributed by atoms with Crippen LogP contribution in [-0.2, 0) is 0 Å². The van der Waals surface area contributed by atoms with Gasteiger partial charge in [-0.2, -0.15) is 0 Å². The SMILES string of the molecule is Oc1c2c(c(O)c3ccccc13)P(O)(O)=C1CCCCC2CC1. The molecule has 0 aromatic heterocycles. The van der Waals surface area contributed by atoms with E-state index in [0.717, 1.165) is 31.0 Å². The summed E-state index contributed by atoms with van der Waals surface area (Å²) in [5.41, 5.74) is 0.566. The third kappa shape index (κ3) is 2.13. The molecule has 1 unspecified atom stereocenters. The molecule has 5 heteroatoms. The van der Waals surface area contributed by atoms with Gasteiger partial charge in [-0.3, -0.25) is 0 Å². The highest BCUT2D eigenvalue weighted by molar-refractivity contribution is 7.73. The van der Waals surface area contributed by atoms with Gasteiger partial charge < -0.3 is 20.0 Å². The van der Waals surface area contributed by atoms with E-state index in [1.54, 1.807) is 18.2 Å². The van der Waals surface area contributed by atoms with Crippen molar-refractivity contribution < 1.29 is 20.0 Å². The summed E-state index contributed by atoms with van der Waals surface area (Å²) in [4.78, 5) is 21.9. The maximum Gasteiger partial charge on any atom is 0.152 e. The maximum absolute atomic E-state index is 11.0. The summed E-state index contributed by atoms with van der Waals surface area (Å²) in [6.45, 7) is 0. The molecule has 2 aliphatic rings. The molecule has 23 heavy (non-hydrogen) atoms. The molecule has 2 bridgehead atoms. The molecule has 1 heterocycles. The Kier molecular flexibility index (Phi) is 3.45. The first-order valence-corrected chi connectivity index (χ1v) is 9.88. The van der Waals surface area contributed by atoms with Gasteiger partial charge in [0.05, 0.1) is 5.30 Å². The third-order valence-corrected chi connectivity index (χ3v) is 7.79. The number of phenolic OH excluding ortho intramolecular Hbond substituents is 2. The molecule has 1 aliphatic carbocycles. The topological polar surface area (TPSA) is 80.9 Å². The van der Waals surface area contributed by atoms with Crippen LogP contribution in [0.3, 0.4) is 0 Å². The number of benzene rings is 2. The van der Waals surface area contributed by atoms with E-state index in [2.05, 4.69) is 0 Å². The average Bonchev–Trinajstić information content (AvgIpc) is 2.57. The molecule has 0 saturated heterocycles. The minimum atomic E-state index is -3.56. The van der Waals surface area contributed by atoms with Crippen LogP contribution in [0.1, 0.15) is 50.0 Å². The Bertz CT molecular complexity index is 850. The molecule has 4 rings (SSSR count). The highest BCUT2D eigenvalue weighted by Gasteiger charge is 2.37. The monoisotopic (exact) mass is 332 g/mol. The zero-order valence-corrected chi connectivity index (χ0v) is 13.8. The number of rotatable bonds is 0. The Morgan fingerprint density at radius 3 is 2.30 bits per heavy atom. The van der Waals surface area contributed by atoms with Gasteiger partial charge in [0.1, 0.15) is 11.5 Å². The molecule has 2 aromatic carbocycles. The molecule has 1 fully saturated rings. The van der Waals surface area contributed by atoms with Crippen LogP contribution in [0.4, 0.5) is 0 Å². The van der Waals surface area contributed by atoms with Gasteiger partial charge in [-0.05, 0) is 43.3 Å². The number of fused-ring (bicyclic) bond motifs is 6. The Morgan fingerprint density at radius 2 is 1.57 bits per heavy atom. The van der Waals surface area contributed by atoms with Gasteiger partial charge in [-0.1, -0.05) is 30.7 Å². The Hall–Kier alpha value is -1.48. The average molecular weight is 332 g/mol. The summed E-state index contributed by atoms with van der Waals surface area (Å²) in [5.74, 6) is 0.101. The molecule has 4 N–H and O–H groups in total. The zero-order chi connectivity index (χ0) is 16.2. The van der Waals surface area contributed by atoms with Gasteiger partial charge in [0.15, 0.2) is 7.34 Å². The molecule has 0 spiro atoms. The van der Waals surface area contributed by atoms with E-state index >= 15 is 0 Å². The molecule has 1 saturated carbocycles. The molecular weight excluding hydrogens is 311 g/mol. The molecule has 0 amide bonds. The van der Waals surface area contributed by atoms with Gasteiger partial charge in [0.2, 0.25) is 0 Å². The predicted octanol–water partition coefficient (Wildman–Crippen LogP) is 3.33. The lowest BCUT2D eigenvalue weighted by Gasteiger charge is -2.24. The van der Waals surface area contributed by atoms with Crippen molar-refractivity contribution >= 4 is 28.7 Å². The highest BCUT2D eigenvalue weighted by Crippen LogP contribution is 2.54. The van der Waals surface area contributed by atoms with Crippen LogP contribution in [0.2, 0.25) is 0 Å². The fraction of sp³-hybridized carbons (Fsp3) is 0.389. The standard InChI is InChI=1S/C18H21O4P/c19-16-13-7-3-4-8-14(13)17(20)18-15(16)11-5-1-2-6-12(10-9-11)23(18,21)22/h3-4,7-8,11,19-22H,1-2,5-6,9-10H2. The molecule has 1 atom stereocenters. The van der Waals surface area contributed by atoms with Crippen molar-refractivity contribution in [3.05, 3.63) is 29.8 Å². The number of phenols is 2. The van der Waals surface area contributed by atoms with Crippen LogP contribution in [0, 0.1) is 0 Å². The van der Waals surface area contributed by atoms with Crippen molar-refractivity contribution in [1.82, 2.24) is 0 Å². The van der Waals surface area contributed by atoms with Gasteiger partial charge in [0.25, 0.3) is 0 Å². The van der Waals surface area contributed by atoms with Gasteiger partial charge in [-0.15, -0.1) is 0 Å². The third-order valence-electron chi connectivity index (χ3n) is 5.38. The van der Waals surface area contributed by atoms with Crippen molar-refractivity contribution in [2.75, 3.05) is 0 Å². The van der Waals surface area contributed by atoms with E-state index in [1.807, 2.05) is 6.07 Å². The second-order valence-corrected chi connectivity index (χ2v) is 8.94. The number of hydrogen-bond acceptors (Lipinski definition) is 4. The second-order valence-electron chi connectivity index (χ2n) is 6.65. The fourth-order valence-electron chi connectivity index (χ4n) is 4.20. The Balaban J connectivity index is 2.20. The Morgan fingerprint density at radius 1 is 0.870 bits per heavy atom. The summed E-state index contributed by atoms with van der Waals surface area (Å²) in [6, 6.07) is 7.07. The van der Waals surface area contributed by atoms with Gasteiger partial charge in [0, 0.05) is 16.3 Å². The molecule has 4 nitrogen and oxygen atoms in total. The van der Waals surface area contributed by atoms with E-state index in [0.29, 0.717) is 29.2 Å². The molecule has 1 aliphatic heterocycles. The first-order chi connectivity index (χ1) is 11.0. The Labute approximate surface area is 135 Å². The van der Waals surface area contributed by atoms with Crippen LogP contribution in [0.15, 0.2) is 24.3 Å². The normalized spacial score (nSPS) is 23.2. The van der Waals surface area contributed by atoms with E-state index in [9.17, 15) is 20.0 Å². The summed E-state index contributed by atoms with van der Waals surface area (Å²) in [6.07, 6.45) is 5.00. The quantitative estimate of drug-likeness (QED) is 0.441. The van der Waals surface area contributed by atoms with E-state index in [4.69, 9.17) is 0 Å². The molecule has 0 radical (unpaired) electrons. The van der Waals surface area contributed by atoms with Crippen LogP contribution < -0.4 is 5.30 Å².